The number of guanidine groups is 1. The second kappa shape index (κ2) is 7.21. The zero-order chi connectivity index (χ0) is 20.9. The molecular formula is C22H29N5O2. The van der Waals surface area contributed by atoms with E-state index in [0.29, 0.717) is 12.5 Å². The number of rotatable bonds is 5. The number of hydrogen-bond acceptors (Lipinski definition) is 5. The number of aliphatic imine (C=N–C) groups is 1. The van der Waals surface area contributed by atoms with Gasteiger partial charge in [0.25, 0.3) is 5.91 Å². The van der Waals surface area contributed by atoms with Crippen LogP contribution in [0.3, 0.4) is 0 Å². The summed E-state index contributed by atoms with van der Waals surface area (Å²) in [6.45, 7) is 9.56. The van der Waals surface area contributed by atoms with Gasteiger partial charge in [0.1, 0.15) is 0 Å². The Kier molecular flexibility index (Phi) is 4.84. The Bertz CT molecular complexity index is 876. The molecule has 2 unspecified atom stereocenters. The zero-order valence-electron chi connectivity index (χ0n) is 17.7. The van der Waals surface area contributed by atoms with Crippen molar-refractivity contribution in [2.24, 2.45) is 16.8 Å². The van der Waals surface area contributed by atoms with Gasteiger partial charge < -0.3 is 14.7 Å². The highest BCUT2D eigenvalue weighted by molar-refractivity contribution is 6.06. The van der Waals surface area contributed by atoms with Crippen LogP contribution in [0.25, 0.3) is 5.70 Å². The molecule has 154 valence electrons. The van der Waals surface area contributed by atoms with Gasteiger partial charge in [0, 0.05) is 26.3 Å². The van der Waals surface area contributed by atoms with Gasteiger partial charge in [0.2, 0.25) is 5.96 Å². The minimum Gasteiger partial charge on any atom is -0.310 e. The van der Waals surface area contributed by atoms with Crippen LogP contribution in [0.1, 0.15) is 33.3 Å². The smallest absolute Gasteiger partial charge is 0.310 e. The number of nitrogens with zero attached hydrogens (tertiary/aromatic N) is 5. The molecule has 1 saturated heterocycles. The summed E-state index contributed by atoms with van der Waals surface area (Å²) in [5, 5.41) is 0. The van der Waals surface area contributed by atoms with E-state index in [1.54, 1.807) is 11.9 Å². The molecule has 3 aliphatic rings. The number of amides is 3. The minimum atomic E-state index is -0.512. The van der Waals surface area contributed by atoms with Crippen LogP contribution >= 0.6 is 0 Å². The first-order valence-electron chi connectivity index (χ1n) is 10.3. The predicted octanol–water partition coefficient (Wildman–Crippen LogP) is 2.87. The number of benzene rings is 1. The van der Waals surface area contributed by atoms with Crippen LogP contribution < -0.4 is 0 Å². The molecule has 3 heterocycles. The Hall–Kier alpha value is -2.83. The molecule has 0 spiro atoms. The molecule has 4 rings (SSSR count). The Balaban J connectivity index is 1.73. The van der Waals surface area contributed by atoms with Gasteiger partial charge in [-0.05, 0) is 17.4 Å². The molecule has 1 aromatic carbocycles. The number of imide groups is 1. The molecule has 3 aliphatic heterocycles. The third-order valence-electron chi connectivity index (χ3n) is 5.47. The van der Waals surface area contributed by atoms with Crippen LogP contribution in [0.4, 0.5) is 4.79 Å². The third kappa shape index (κ3) is 3.18. The fourth-order valence-corrected chi connectivity index (χ4v) is 4.20. The van der Waals surface area contributed by atoms with E-state index in [1.807, 2.05) is 43.1 Å². The highest BCUT2D eigenvalue weighted by Crippen LogP contribution is 2.37. The first kappa shape index (κ1) is 19.5. The number of carbonyl (C=O) groups excluding carboxylic acids is 2. The summed E-state index contributed by atoms with van der Waals surface area (Å²) < 4.78 is 0. The quantitative estimate of drug-likeness (QED) is 0.769. The van der Waals surface area contributed by atoms with Gasteiger partial charge in [-0.2, -0.15) is 0 Å². The summed E-state index contributed by atoms with van der Waals surface area (Å²) in [5.74, 6) is 1.22. The highest BCUT2D eigenvalue weighted by atomic mass is 16.2. The highest BCUT2D eigenvalue weighted by Gasteiger charge is 2.54. The van der Waals surface area contributed by atoms with Gasteiger partial charge in [-0.3, -0.25) is 9.69 Å². The van der Waals surface area contributed by atoms with E-state index < -0.39 is 12.2 Å². The van der Waals surface area contributed by atoms with Crippen LogP contribution in [0, 0.1) is 11.8 Å². The molecule has 0 N–H and O–H groups in total. The molecule has 7 nitrogen and oxygen atoms in total. The summed E-state index contributed by atoms with van der Waals surface area (Å²) in [7, 11) is 1.74. The van der Waals surface area contributed by atoms with E-state index in [1.165, 1.54) is 4.90 Å². The average Bonchev–Trinajstić information content (AvgIpc) is 3.21. The van der Waals surface area contributed by atoms with Gasteiger partial charge in [-0.15, -0.1) is 0 Å². The lowest BCUT2D eigenvalue weighted by Gasteiger charge is -2.40. The van der Waals surface area contributed by atoms with Gasteiger partial charge in [0.05, 0.1) is 5.70 Å². The van der Waals surface area contributed by atoms with Crippen molar-refractivity contribution in [3.05, 3.63) is 42.1 Å². The van der Waals surface area contributed by atoms with Crippen molar-refractivity contribution in [3.63, 3.8) is 0 Å². The van der Waals surface area contributed by atoms with Crippen LogP contribution in [0.15, 0.2) is 41.5 Å². The Morgan fingerprint density at radius 2 is 1.59 bits per heavy atom. The molecule has 3 amide bonds. The number of urea groups is 1. The van der Waals surface area contributed by atoms with Crippen molar-refractivity contribution in [1.82, 2.24) is 19.6 Å². The van der Waals surface area contributed by atoms with Crippen LogP contribution in [0.2, 0.25) is 0 Å². The number of carbonyl (C=O) groups is 2. The van der Waals surface area contributed by atoms with E-state index in [-0.39, 0.29) is 17.9 Å². The molecule has 1 aromatic rings. The Morgan fingerprint density at radius 1 is 0.966 bits per heavy atom. The van der Waals surface area contributed by atoms with Gasteiger partial charge in [-0.25, -0.2) is 9.79 Å². The van der Waals surface area contributed by atoms with Crippen molar-refractivity contribution in [2.45, 2.75) is 39.9 Å². The maximum absolute atomic E-state index is 13.3. The van der Waals surface area contributed by atoms with E-state index in [0.717, 1.165) is 23.8 Å². The average molecular weight is 396 g/mol. The molecule has 29 heavy (non-hydrogen) atoms. The number of likely N-dealkylation sites (N-methyl/N-ethyl adjacent to an activating group) is 1. The molecule has 0 aliphatic carbocycles. The van der Waals surface area contributed by atoms with E-state index in [9.17, 15) is 9.59 Å². The number of fused-ring (bicyclic) bond motifs is 3. The lowest BCUT2D eigenvalue weighted by molar-refractivity contribution is -0.137. The Morgan fingerprint density at radius 3 is 2.21 bits per heavy atom. The summed E-state index contributed by atoms with van der Waals surface area (Å²) in [5.41, 5.74) is 2.13. The second-order valence-corrected chi connectivity index (χ2v) is 8.82. The Labute approximate surface area is 172 Å². The second-order valence-electron chi connectivity index (χ2n) is 8.82. The maximum atomic E-state index is 13.3. The largest absolute Gasteiger partial charge is 0.328 e. The van der Waals surface area contributed by atoms with E-state index >= 15 is 0 Å². The lowest BCUT2D eigenvalue weighted by Crippen LogP contribution is -2.64. The van der Waals surface area contributed by atoms with Crippen LogP contribution in [-0.4, -0.2) is 69.8 Å². The lowest BCUT2D eigenvalue weighted by atomic mass is 10.1. The van der Waals surface area contributed by atoms with Crippen LogP contribution in [0.5, 0.6) is 0 Å². The van der Waals surface area contributed by atoms with E-state index in [4.69, 9.17) is 4.99 Å². The fraction of sp³-hybridized carbons (Fsp3) is 0.500. The topological polar surface area (TPSA) is 59.5 Å². The molecule has 1 fully saturated rings. The molecule has 0 aromatic heterocycles. The first-order chi connectivity index (χ1) is 13.8. The van der Waals surface area contributed by atoms with Crippen molar-refractivity contribution in [3.8, 4) is 0 Å². The van der Waals surface area contributed by atoms with Gasteiger partial charge >= 0.3 is 6.03 Å². The minimum absolute atomic E-state index is 0.166. The molecule has 2 atom stereocenters. The standard InChI is InChI=1S/C22H29N5O2/c1-14(2)11-25-17(16-9-7-6-8-10-16)13-26-18-19(23-21(25)26)24(5)22(29)27(20(18)28)12-15(3)4/h6-10,13-15,18-19H,11-12H2,1-5H3. The van der Waals surface area contributed by atoms with Crippen molar-refractivity contribution in [1.29, 1.82) is 0 Å². The van der Waals surface area contributed by atoms with Crippen molar-refractivity contribution >= 4 is 23.6 Å². The monoisotopic (exact) mass is 395 g/mol. The number of hydrogen-bond donors (Lipinski definition) is 0. The molecule has 7 heteroatoms. The van der Waals surface area contributed by atoms with E-state index in [2.05, 4.69) is 30.9 Å². The SMILES string of the molecule is CC(C)CN1C(=O)C2C(N=C3N(CC(C)C)C(c4ccccc4)=CN32)N(C)C1=O. The molecule has 0 radical (unpaired) electrons. The summed E-state index contributed by atoms with van der Waals surface area (Å²) in [4.78, 5) is 38.1. The maximum Gasteiger partial charge on any atom is 0.328 e. The third-order valence-corrected chi connectivity index (χ3v) is 5.47. The fourth-order valence-electron chi connectivity index (χ4n) is 4.20. The van der Waals surface area contributed by atoms with Crippen molar-refractivity contribution < 1.29 is 9.59 Å². The van der Waals surface area contributed by atoms with Crippen LogP contribution in [-0.2, 0) is 4.79 Å². The first-order valence-corrected chi connectivity index (χ1v) is 10.3. The zero-order valence-corrected chi connectivity index (χ0v) is 17.7. The van der Waals surface area contributed by atoms with Gasteiger partial charge in [0.15, 0.2) is 12.2 Å². The predicted molar refractivity (Wildman–Crippen MR) is 113 cm³/mol. The molecular weight excluding hydrogens is 366 g/mol. The summed E-state index contributed by atoms with van der Waals surface area (Å²) in [6, 6.07) is 9.39. The van der Waals surface area contributed by atoms with Gasteiger partial charge in [-0.1, -0.05) is 58.0 Å². The summed E-state index contributed by atoms with van der Waals surface area (Å²) in [6.07, 6.45) is 1.53. The molecule has 0 saturated carbocycles. The van der Waals surface area contributed by atoms with Crippen molar-refractivity contribution in [2.75, 3.05) is 20.1 Å². The normalized spacial score (nSPS) is 23.8. The molecule has 0 bridgehead atoms. The summed E-state index contributed by atoms with van der Waals surface area (Å²) >= 11 is 0.